The van der Waals surface area contributed by atoms with Gasteiger partial charge in [0.05, 0.1) is 12.1 Å². The molecule has 1 saturated heterocycles. The van der Waals surface area contributed by atoms with Gasteiger partial charge in [0.1, 0.15) is 18.1 Å². The van der Waals surface area contributed by atoms with Crippen LogP contribution in [0.2, 0.25) is 0 Å². The van der Waals surface area contributed by atoms with Gasteiger partial charge in [-0.1, -0.05) is 18.2 Å². The molecule has 35 heavy (non-hydrogen) atoms. The third-order valence-electron chi connectivity index (χ3n) is 6.13. The number of aliphatic hydroxyl groups is 1. The van der Waals surface area contributed by atoms with Gasteiger partial charge in [0.15, 0.2) is 0 Å². The number of aromatic nitrogens is 1. The van der Waals surface area contributed by atoms with Gasteiger partial charge in [-0.2, -0.15) is 12.6 Å². The molecule has 0 radical (unpaired) electrons. The van der Waals surface area contributed by atoms with Gasteiger partial charge in [0.25, 0.3) is 0 Å². The monoisotopic (exact) mass is 505 g/mol. The molecule has 1 aromatic carbocycles. The fourth-order valence-corrected chi connectivity index (χ4v) is 4.37. The number of aliphatic carboxylic acids is 1. The van der Waals surface area contributed by atoms with E-state index in [-0.39, 0.29) is 18.7 Å². The van der Waals surface area contributed by atoms with Gasteiger partial charge in [-0.3, -0.25) is 14.4 Å². The second-order valence-corrected chi connectivity index (χ2v) is 9.03. The molecule has 5 atom stereocenters. The molecule has 1 aliphatic rings. The number of H-pyrrole nitrogens is 1. The Morgan fingerprint density at radius 2 is 1.94 bits per heavy atom. The molecule has 1 fully saturated rings. The van der Waals surface area contributed by atoms with Crippen molar-refractivity contribution >= 4 is 47.2 Å². The molecule has 1 aliphatic heterocycles. The predicted octanol–water partition coefficient (Wildman–Crippen LogP) is -0.606. The molecular weight excluding hydrogens is 474 g/mol. The fraction of sp³-hybridized carbons (Fsp3) is 0.478. The van der Waals surface area contributed by atoms with Crippen molar-refractivity contribution < 1.29 is 29.4 Å². The number of amides is 3. The SMILES string of the molecule is CC(O)C(NC(=O)C(Cc1c[nH]c2ccccc12)NC(=O)C(N)CS)C(=O)N1CCCC1C(=O)O. The number of hydrogen-bond acceptors (Lipinski definition) is 7. The molecule has 5 unspecified atom stereocenters. The highest BCUT2D eigenvalue weighted by Crippen LogP contribution is 2.21. The van der Waals surface area contributed by atoms with Crippen molar-refractivity contribution in [2.75, 3.05) is 12.3 Å². The Labute approximate surface area is 207 Å². The number of nitrogens with zero attached hydrogens (tertiary/aromatic N) is 1. The van der Waals surface area contributed by atoms with Crippen LogP contribution in [0.1, 0.15) is 25.3 Å². The van der Waals surface area contributed by atoms with Crippen LogP contribution in [0, 0.1) is 0 Å². The van der Waals surface area contributed by atoms with Crippen LogP contribution in [0.25, 0.3) is 10.9 Å². The maximum Gasteiger partial charge on any atom is 0.326 e. The molecule has 2 aromatic rings. The molecule has 3 rings (SSSR count). The van der Waals surface area contributed by atoms with Crippen LogP contribution < -0.4 is 16.4 Å². The van der Waals surface area contributed by atoms with Crippen LogP contribution in [0.4, 0.5) is 0 Å². The number of hydrogen-bond donors (Lipinski definition) is 7. The molecule has 11 nitrogen and oxygen atoms in total. The number of nitrogens with two attached hydrogens (primary N) is 1. The zero-order valence-corrected chi connectivity index (χ0v) is 20.2. The lowest BCUT2D eigenvalue weighted by atomic mass is 10.0. The van der Waals surface area contributed by atoms with Crippen molar-refractivity contribution in [1.29, 1.82) is 0 Å². The summed E-state index contributed by atoms with van der Waals surface area (Å²) in [7, 11) is 0. The summed E-state index contributed by atoms with van der Waals surface area (Å²) in [6.45, 7) is 1.54. The molecule has 2 heterocycles. The Kier molecular flexibility index (Phi) is 8.76. The Balaban J connectivity index is 1.83. The number of carbonyl (C=O) groups is 4. The number of aromatic amines is 1. The summed E-state index contributed by atoms with van der Waals surface area (Å²) in [5.74, 6) is -3.07. The normalized spacial score (nSPS) is 19.1. The first kappa shape index (κ1) is 26.5. The number of aliphatic hydroxyl groups excluding tert-OH is 1. The number of rotatable bonds is 10. The van der Waals surface area contributed by atoms with Crippen molar-refractivity contribution in [3.05, 3.63) is 36.0 Å². The largest absolute Gasteiger partial charge is 0.480 e. The van der Waals surface area contributed by atoms with Crippen LogP contribution in [0.5, 0.6) is 0 Å². The molecule has 3 amide bonds. The Morgan fingerprint density at radius 3 is 2.60 bits per heavy atom. The van der Waals surface area contributed by atoms with E-state index in [4.69, 9.17) is 5.73 Å². The van der Waals surface area contributed by atoms with E-state index in [1.54, 1.807) is 6.20 Å². The average Bonchev–Trinajstić information content (AvgIpc) is 3.48. The number of carboxylic acids is 1. The lowest BCUT2D eigenvalue weighted by Gasteiger charge is -2.30. The standard InChI is InChI=1S/C23H31N5O6S/c1-12(29)19(22(32)28-8-4-7-18(28)23(33)34)27-21(31)17(26-20(30)15(24)11-35)9-13-10-25-16-6-3-2-5-14(13)16/h2-3,5-6,10,12,15,17-19,25,29,35H,4,7-9,11,24H2,1H3,(H,26,30)(H,27,31)(H,33,34). The number of benzene rings is 1. The summed E-state index contributed by atoms with van der Waals surface area (Å²) >= 11 is 4.03. The molecule has 0 spiro atoms. The lowest BCUT2D eigenvalue weighted by Crippen LogP contribution is -2.60. The van der Waals surface area contributed by atoms with E-state index in [0.717, 1.165) is 21.4 Å². The molecule has 0 saturated carbocycles. The zero-order chi connectivity index (χ0) is 25.7. The van der Waals surface area contributed by atoms with E-state index < -0.39 is 54.0 Å². The van der Waals surface area contributed by atoms with Crippen LogP contribution in [-0.4, -0.2) is 86.4 Å². The Hall–Kier alpha value is -3.09. The zero-order valence-electron chi connectivity index (χ0n) is 19.3. The van der Waals surface area contributed by atoms with Gasteiger partial charge >= 0.3 is 5.97 Å². The van der Waals surface area contributed by atoms with Gasteiger partial charge in [-0.05, 0) is 31.4 Å². The van der Waals surface area contributed by atoms with Gasteiger partial charge in [-0.25, -0.2) is 4.79 Å². The minimum absolute atomic E-state index is 0.0631. The van der Waals surface area contributed by atoms with Gasteiger partial charge in [-0.15, -0.1) is 0 Å². The minimum atomic E-state index is -1.39. The van der Waals surface area contributed by atoms with Crippen LogP contribution in [0.15, 0.2) is 30.5 Å². The number of carboxylic acid groups (broad SMARTS) is 1. The highest BCUT2D eigenvalue weighted by molar-refractivity contribution is 7.80. The van der Waals surface area contributed by atoms with Crippen LogP contribution in [0.3, 0.4) is 0 Å². The van der Waals surface area contributed by atoms with Crippen molar-refractivity contribution in [3.8, 4) is 0 Å². The molecular formula is C23H31N5O6S. The highest BCUT2D eigenvalue weighted by atomic mass is 32.1. The van der Waals surface area contributed by atoms with E-state index in [1.807, 2.05) is 24.3 Å². The predicted molar refractivity (Wildman–Crippen MR) is 132 cm³/mol. The first-order valence-corrected chi connectivity index (χ1v) is 12.0. The molecule has 0 bridgehead atoms. The van der Waals surface area contributed by atoms with E-state index in [9.17, 15) is 29.4 Å². The first-order valence-electron chi connectivity index (χ1n) is 11.4. The second-order valence-electron chi connectivity index (χ2n) is 8.67. The number of thiol groups is 1. The number of likely N-dealkylation sites (tertiary alicyclic amines) is 1. The average molecular weight is 506 g/mol. The fourth-order valence-electron chi connectivity index (χ4n) is 4.20. The van der Waals surface area contributed by atoms with Gasteiger partial charge < -0.3 is 36.5 Å². The number of fused-ring (bicyclic) bond motifs is 1. The Bertz CT molecular complexity index is 1090. The lowest BCUT2D eigenvalue weighted by molar-refractivity contribution is -0.150. The maximum absolute atomic E-state index is 13.3. The summed E-state index contributed by atoms with van der Waals surface area (Å²) in [6.07, 6.45) is 1.31. The molecule has 0 aliphatic carbocycles. The van der Waals surface area contributed by atoms with Gasteiger partial charge in [0, 0.05) is 35.8 Å². The van der Waals surface area contributed by atoms with Crippen molar-refractivity contribution in [2.45, 2.75) is 56.5 Å². The number of para-hydroxylation sites is 1. The van der Waals surface area contributed by atoms with E-state index >= 15 is 0 Å². The van der Waals surface area contributed by atoms with E-state index in [2.05, 4.69) is 28.2 Å². The van der Waals surface area contributed by atoms with Crippen molar-refractivity contribution in [3.63, 3.8) is 0 Å². The number of carbonyl (C=O) groups excluding carboxylic acids is 3. The topological polar surface area (TPSA) is 178 Å². The van der Waals surface area contributed by atoms with E-state index in [0.29, 0.717) is 12.8 Å². The highest BCUT2D eigenvalue weighted by Gasteiger charge is 2.40. The van der Waals surface area contributed by atoms with Crippen LogP contribution in [-0.2, 0) is 25.6 Å². The second kappa shape index (κ2) is 11.6. The first-order chi connectivity index (χ1) is 16.6. The quantitative estimate of drug-likeness (QED) is 0.211. The summed E-state index contributed by atoms with van der Waals surface area (Å²) in [5.41, 5.74) is 7.38. The minimum Gasteiger partial charge on any atom is -0.480 e. The van der Waals surface area contributed by atoms with E-state index in [1.165, 1.54) is 6.92 Å². The third-order valence-corrected chi connectivity index (χ3v) is 6.53. The summed E-state index contributed by atoms with van der Waals surface area (Å²) in [4.78, 5) is 54.7. The molecule has 12 heteroatoms. The molecule has 7 N–H and O–H groups in total. The summed E-state index contributed by atoms with van der Waals surface area (Å²) in [5, 5.41) is 25.7. The smallest absolute Gasteiger partial charge is 0.326 e. The summed E-state index contributed by atoms with van der Waals surface area (Å²) in [6, 6.07) is 2.99. The number of nitrogens with one attached hydrogen (secondary N) is 3. The third kappa shape index (κ3) is 6.13. The molecule has 190 valence electrons. The summed E-state index contributed by atoms with van der Waals surface area (Å²) < 4.78 is 0. The molecule has 1 aromatic heterocycles. The van der Waals surface area contributed by atoms with Crippen LogP contribution >= 0.6 is 12.6 Å². The Morgan fingerprint density at radius 1 is 1.23 bits per heavy atom. The van der Waals surface area contributed by atoms with Crippen molar-refractivity contribution in [2.24, 2.45) is 5.73 Å². The van der Waals surface area contributed by atoms with Crippen molar-refractivity contribution in [1.82, 2.24) is 20.5 Å². The van der Waals surface area contributed by atoms with Gasteiger partial charge in [0.2, 0.25) is 17.7 Å². The maximum atomic E-state index is 13.3.